The molecular formula is C20H15ClN2O2. The third-order valence-electron chi connectivity index (χ3n) is 4.47. The van der Waals surface area contributed by atoms with Crippen molar-refractivity contribution in [3.8, 4) is 0 Å². The van der Waals surface area contributed by atoms with E-state index < -0.39 is 0 Å². The van der Waals surface area contributed by atoms with Crippen molar-refractivity contribution in [2.24, 2.45) is 0 Å². The number of nitrogens with one attached hydrogen (secondary N) is 1. The van der Waals surface area contributed by atoms with Crippen LogP contribution in [0.2, 0.25) is 5.02 Å². The lowest BCUT2D eigenvalue weighted by atomic mass is 9.94. The molecule has 1 heterocycles. The van der Waals surface area contributed by atoms with Crippen molar-refractivity contribution in [2.45, 2.75) is 6.92 Å². The Bertz CT molecular complexity index is 979. The maximum Gasteiger partial charge on any atom is 0.262 e. The summed E-state index contributed by atoms with van der Waals surface area (Å²) in [6.07, 6.45) is 0. The summed E-state index contributed by atoms with van der Waals surface area (Å²) in [5.74, 6) is -0.583. The van der Waals surface area contributed by atoms with Crippen molar-refractivity contribution in [3.63, 3.8) is 0 Å². The zero-order valence-electron chi connectivity index (χ0n) is 13.5. The fourth-order valence-electron chi connectivity index (χ4n) is 3.10. The van der Waals surface area contributed by atoms with E-state index in [1.807, 2.05) is 43.3 Å². The molecule has 0 saturated carbocycles. The zero-order chi connectivity index (χ0) is 17.6. The molecule has 0 bridgehead atoms. The largest absolute Gasteiger partial charge is 0.367 e. The SMILES string of the molecule is Cc1ccc(NCN2C(=O)c3cccc4cccc(c34)C2=O)cc1Cl. The molecule has 1 N–H and O–H groups in total. The summed E-state index contributed by atoms with van der Waals surface area (Å²) in [6, 6.07) is 16.5. The smallest absolute Gasteiger partial charge is 0.262 e. The van der Waals surface area contributed by atoms with Crippen LogP contribution in [0, 0.1) is 6.92 Å². The lowest BCUT2D eigenvalue weighted by Crippen LogP contribution is -2.43. The molecule has 3 aromatic rings. The minimum absolute atomic E-state index is 0.0851. The van der Waals surface area contributed by atoms with Crippen molar-refractivity contribution >= 4 is 39.9 Å². The van der Waals surface area contributed by atoms with E-state index in [1.54, 1.807) is 18.2 Å². The molecule has 4 nitrogen and oxygen atoms in total. The van der Waals surface area contributed by atoms with Crippen LogP contribution in [0.1, 0.15) is 26.3 Å². The number of anilines is 1. The van der Waals surface area contributed by atoms with Gasteiger partial charge in [0.25, 0.3) is 11.8 Å². The fraction of sp³-hybridized carbons (Fsp3) is 0.100. The third-order valence-corrected chi connectivity index (χ3v) is 4.88. The quantitative estimate of drug-likeness (QED) is 0.709. The van der Waals surface area contributed by atoms with Crippen LogP contribution in [0.15, 0.2) is 54.6 Å². The van der Waals surface area contributed by atoms with Gasteiger partial charge in [0, 0.05) is 27.2 Å². The lowest BCUT2D eigenvalue weighted by molar-refractivity contribution is 0.0622. The fourth-order valence-corrected chi connectivity index (χ4v) is 3.28. The second-order valence-corrected chi connectivity index (χ2v) is 6.45. The van der Waals surface area contributed by atoms with Gasteiger partial charge in [-0.1, -0.05) is 41.9 Å². The number of carbonyl (C=O) groups is 2. The van der Waals surface area contributed by atoms with E-state index in [9.17, 15) is 9.59 Å². The van der Waals surface area contributed by atoms with Gasteiger partial charge in [0.15, 0.2) is 0 Å². The number of benzene rings is 3. The molecule has 1 aliphatic rings. The molecule has 0 atom stereocenters. The van der Waals surface area contributed by atoms with Crippen LogP contribution in [0.25, 0.3) is 10.8 Å². The maximum absolute atomic E-state index is 12.8. The molecule has 0 aliphatic carbocycles. The zero-order valence-corrected chi connectivity index (χ0v) is 14.3. The summed E-state index contributed by atoms with van der Waals surface area (Å²) in [6.45, 7) is 2.00. The number of aryl methyl sites for hydroxylation is 1. The number of nitrogens with zero attached hydrogens (tertiary/aromatic N) is 1. The normalized spacial score (nSPS) is 13.4. The molecule has 25 heavy (non-hydrogen) atoms. The molecule has 4 rings (SSSR count). The minimum Gasteiger partial charge on any atom is -0.367 e. The number of rotatable bonds is 3. The van der Waals surface area contributed by atoms with Crippen LogP contribution in [-0.2, 0) is 0 Å². The van der Waals surface area contributed by atoms with Crippen molar-refractivity contribution < 1.29 is 9.59 Å². The summed E-state index contributed by atoms with van der Waals surface area (Å²) >= 11 is 6.13. The van der Waals surface area contributed by atoms with Gasteiger partial charge in [0.05, 0.1) is 6.67 Å². The molecule has 5 heteroatoms. The number of imide groups is 1. The number of carbonyl (C=O) groups excluding carboxylic acids is 2. The molecule has 0 unspecified atom stereocenters. The molecule has 124 valence electrons. The predicted molar refractivity (Wildman–Crippen MR) is 99.1 cm³/mol. The average Bonchev–Trinajstić information content (AvgIpc) is 2.62. The van der Waals surface area contributed by atoms with E-state index in [4.69, 9.17) is 11.6 Å². The summed E-state index contributed by atoms with van der Waals surface area (Å²) < 4.78 is 0. The van der Waals surface area contributed by atoms with Gasteiger partial charge in [0.1, 0.15) is 0 Å². The van der Waals surface area contributed by atoms with Gasteiger partial charge in [-0.3, -0.25) is 14.5 Å². The van der Waals surface area contributed by atoms with E-state index in [1.165, 1.54) is 4.90 Å². The first-order chi connectivity index (χ1) is 12.1. The van der Waals surface area contributed by atoms with Crippen molar-refractivity contribution in [1.29, 1.82) is 0 Å². The van der Waals surface area contributed by atoms with E-state index >= 15 is 0 Å². The Morgan fingerprint density at radius 2 is 1.60 bits per heavy atom. The van der Waals surface area contributed by atoms with Gasteiger partial charge >= 0.3 is 0 Å². The van der Waals surface area contributed by atoms with Gasteiger partial charge in [-0.2, -0.15) is 0 Å². The Morgan fingerprint density at radius 3 is 2.20 bits per heavy atom. The molecule has 1 aliphatic heterocycles. The number of halogens is 1. The van der Waals surface area contributed by atoms with Gasteiger partial charge in [-0.15, -0.1) is 0 Å². The number of hydrogen-bond donors (Lipinski definition) is 1. The molecule has 0 spiro atoms. The first-order valence-corrected chi connectivity index (χ1v) is 8.32. The molecule has 0 saturated heterocycles. The second kappa shape index (κ2) is 5.90. The lowest BCUT2D eigenvalue weighted by Gasteiger charge is -2.27. The van der Waals surface area contributed by atoms with Crippen molar-refractivity contribution in [1.82, 2.24) is 4.90 Å². The Labute approximate surface area is 150 Å². The first-order valence-electron chi connectivity index (χ1n) is 7.94. The van der Waals surface area contributed by atoms with Gasteiger partial charge < -0.3 is 5.32 Å². The predicted octanol–water partition coefficient (Wildman–Crippen LogP) is 4.47. The highest BCUT2D eigenvalue weighted by atomic mass is 35.5. The summed E-state index contributed by atoms with van der Waals surface area (Å²) in [4.78, 5) is 26.8. The summed E-state index contributed by atoms with van der Waals surface area (Å²) in [5, 5.41) is 5.37. The highest BCUT2D eigenvalue weighted by molar-refractivity contribution is 6.31. The third kappa shape index (κ3) is 2.55. The Kier molecular flexibility index (Phi) is 3.70. The van der Waals surface area contributed by atoms with Gasteiger partial charge in [-0.25, -0.2) is 0 Å². The first kappa shape index (κ1) is 15.7. The van der Waals surface area contributed by atoms with Crippen LogP contribution < -0.4 is 5.32 Å². The standard InChI is InChI=1S/C20H15ClN2O2/c1-12-8-9-14(10-17(12)21)22-11-23-19(24)15-6-2-4-13-5-3-7-16(18(13)15)20(23)25/h2-10,22H,11H2,1H3. The molecule has 2 amide bonds. The molecule has 0 aromatic heterocycles. The van der Waals surface area contributed by atoms with Gasteiger partial charge in [-0.05, 0) is 42.1 Å². The number of amides is 2. The minimum atomic E-state index is -0.292. The molecule has 0 radical (unpaired) electrons. The van der Waals surface area contributed by atoms with Crippen LogP contribution in [0.4, 0.5) is 5.69 Å². The van der Waals surface area contributed by atoms with Crippen LogP contribution >= 0.6 is 11.6 Å². The topological polar surface area (TPSA) is 49.4 Å². The highest BCUT2D eigenvalue weighted by Gasteiger charge is 2.32. The molecular weight excluding hydrogens is 336 g/mol. The highest BCUT2D eigenvalue weighted by Crippen LogP contribution is 2.30. The molecule has 0 fully saturated rings. The average molecular weight is 351 g/mol. The van der Waals surface area contributed by atoms with Crippen molar-refractivity contribution in [3.05, 3.63) is 76.3 Å². The van der Waals surface area contributed by atoms with E-state index in [-0.39, 0.29) is 18.5 Å². The second-order valence-electron chi connectivity index (χ2n) is 6.05. The number of hydrogen-bond acceptors (Lipinski definition) is 3. The van der Waals surface area contributed by atoms with E-state index in [0.29, 0.717) is 16.1 Å². The van der Waals surface area contributed by atoms with E-state index in [2.05, 4.69) is 5.32 Å². The van der Waals surface area contributed by atoms with Crippen molar-refractivity contribution in [2.75, 3.05) is 12.0 Å². The summed E-state index contributed by atoms with van der Waals surface area (Å²) in [7, 11) is 0. The van der Waals surface area contributed by atoms with Gasteiger partial charge in [0.2, 0.25) is 0 Å². The molecule has 3 aromatic carbocycles. The van der Waals surface area contributed by atoms with Crippen LogP contribution in [0.5, 0.6) is 0 Å². The Morgan fingerprint density at radius 1 is 0.960 bits per heavy atom. The Balaban J connectivity index is 1.67. The Hall–Kier alpha value is -2.85. The summed E-state index contributed by atoms with van der Waals surface area (Å²) in [5.41, 5.74) is 2.83. The van der Waals surface area contributed by atoms with Crippen LogP contribution in [0.3, 0.4) is 0 Å². The van der Waals surface area contributed by atoms with E-state index in [0.717, 1.165) is 22.0 Å². The van der Waals surface area contributed by atoms with Crippen LogP contribution in [-0.4, -0.2) is 23.4 Å². The monoisotopic (exact) mass is 350 g/mol. The maximum atomic E-state index is 12.8.